The molecule has 1 aliphatic rings. The fourth-order valence-corrected chi connectivity index (χ4v) is 7.80. The Balaban J connectivity index is 2.20. The monoisotopic (exact) mass is 186 g/mol. The Kier molecular flexibility index (Phi) is 4.13. The molecule has 7 heavy (non-hydrogen) atoms. The Bertz CT molecular complexity index is 60.5. The molecular formula is C2H2S5. The molecule has 0 N–H and O–H groups in total. The highest BCUT2D eigenvalue weighted by atomic mass is 33.8. The summed E-state index contributed by atoms with van der Waals surface area (Å²) in [6.45, 7) is 0. The van der Waals surface area contributed by atoms with Gasteiger partial charge in [0, 0.05) is 0 Å². The van der Waals surface area contributed by atoms with Crippen LogP contribution in [0.2, 0.25) is 0 Å². The highest BCUT2D eigenvalue weighted by Gasteiger charge is 1.92. The SMILES string of the molecule is C1=CSSSSS1. The van der Waals surface area contributed by atoms with E-state index in [-0.39, 0.29) is 0 Å². The van der Waals surface area contributed by atoms with Crippen LogP contribution in [0.1, 0.15) is 0 Å². The zero-order valence-corrected chi connectivity index (χ0v) is 7.28. The van der Waals surface area contributed by atoms with Gasteiger partial charge in [-0.2, -0.15) is 0 Å². The summed E-state index contributed by atoms with van der Waals surface area (Å²) in [4.78, 5) is 0. The van der Waals surface area contributed by atoms with E-state index in [4.69, 9.17) is 0 Å². The van der Waals surface area contributed by atoms with Gasteiger partial charge in [-0.3, -0.25) is 0 Å². The predicted octanol–water partition coefficient (Wildman–Crippen LogP) is 3.80. The van der Waals surface area contributed by atoms with Gasteiger partial charge < -0.3 is 0 Å². The summed E-state index contributed by atoms with van der Waals surface area (Å²) in [6, 6.07) is 0. The Labute approximate surface area is 61.6 Å². The lowest BCUT2D eigenvalue weighted by Gasteiger charge is -1.83. The molecule has 0 atom stereocenters. The number of hydrogen-bond acceptors (Lipinski definition) is 5. The summed E-state index contributed by atoms with van der Waals surface area (Å²) in [5.74, 6) is 0. The summed E-state index contributed by atoms with van der Waals surface area (Å²) in [6.07, 6.45) is 0. The van der Waals surface area contributed by atoms with Crippen molar-refractivity contribution >= 4 is 51.1 Å². The van der Waals surface area contributed by atoms with E-state index in [1.165, 1.54) is 0 Å². The van der Waals surface area contributed by atoms with Crippen molar-refractivity contribution in [3.05, 3.63) is 10.8 Å². The molecule has 1 heterocycles. The van der Waals surface area contributed by atoms with E-state index < -0.39 is 0 Å². The maximum absolute atomic E-state index is 2.10. The molecule has 0 saturated carbocycles. The zero-order valence-electron chi connectivity index (χ0n) is 3.20. The van der Waals surface area contributed by atoms with Crippen molar-refractivity contribution in [2.75, 3.05) is 0 Å². The molecule has 40 valence electrons. The van der Waals surface area contributed by atoms with Crippen LogP contribution < -0.4 is 0 Å². The largest absolute Gasteiger partial charge is 0.0527 e. The topological polar surface area (TPSA) is 0 Å². The van der Waals surface area contributed by atoms with Crippen molar-refractivity contribution in [1.29, 1.82) is 0 Å². The maximum atomic E-state index is 2.10. The predicted molar refractivity (Wildman–Crippen MR) is 47.1 cm³/mol. The van der Waals surface area contributed by atoms with E-state index in [0.717, 1.165) is 0 Å². The van der Waals surface area contributed by atoms with Crippen LogP contribution in [0.25, 0.3) is 0 Å². The molecule has 1 rings (SSSR count). The smallest absolute Gasteiger partial charge is 0.00107 e. The zero-order chi connectivity index (χ0) is 4.95. The molecule has 0 fully saturated rings. The van der Waals surface area contributed by atoms with Gasteiger partial charge in [-0.25, -0.2) is 0 Å². The summed E-state index contributed by atoms with van der Waals surface area (Å²) >= 11 is 0. The van der Waals surface area contributed by atoms with Crippen LogP contribution in [0.5, 0.6) is 0 Å². The average Bonchev–Trinajstić information content (AvgIpc) is 1.90. The molecule has 0 aromatic carbocycles. The molecule has 0 aliphatic carbocycles. The lowest BCUT2D eigenvalue weighted by molar-refractivity contribution is 2.60. The minimum Gasteiger partial charge on any atom is -0.0527 e. The van der Waals surface area contributed by atoms with Crippen LogP contribution in [-0.4, -0.2) is 0 Å². The Morgan fingerprint density at radius 3 is 1.86 bits per heavy atom. The van der Waals surface area contributed by atoms with E-state index >= 15 is 0 Å². The molecule has 0 unspecified atom stereocenters. The highest BCUT2D eigenvalue weighted by molar-refractivity contribution is 9.36. The molecule has 1 aliphatic heterocycles. The molecule has 5 heteroatoms. The van der Waals surface area contributed by atoms with Crippen molar-refractivity contribution in [3.63, 3.8) is 0 Å². The van der Waals surface area contributed by atoms with Crippen LogP contribution in [-0.2, 0) is 0 Å². The summed E-state index contributed by atoms with van der Waals surface area (Å²) < 4.78 is 0. The normalized spacial score (nSPS) is 21.7. The molecule has 0 amide bonds. The third kappa shape index (κ3) is 3.13. The highest BCUT2D eigenvalue weighted by Crippen LogP contribution is 2.52. The molecule has 0 aromatic rings. The molecule has 0 nitrogen and oxygen atoms in total. The van der Waals surface area contributed by atoms with Gasteiger partial charge in [0.05, 0.1) is 0 Å². The van der Waals surface area contributed by atoms with Crippen molar-refractivity contribution in [2.24, 2.45) is 0 Å². The second-order valence-electron chi connectivity index (χ2n) is 0.669. The van der Waals surface area contributed by atoms with Crippen molar-refractivity contribution in [3.8, 4) is 0 Å². The first kappa shape index (κ1) is 6.61. The minimum atomic E-state index is 1.77. The van der Waals surface area contributed by atoms with Gasteiger partial charge in [-0.15, -0.1) is 0 Å². The number of rotatable bonds is 0. The second-order valence-corrected chi connectivity index (χ2v) is 8.06. The Morgan fingerprint density at radius 2 is 1.29 bits per heavy atom. The third-order valence-corrected chi connectivity index (χ3v) is 8.12. The van der Waals surface area contributed by atoms with Crippen molar-refractivity contribution in [1.82, 2.24) is 0 Å². The molecule has 0 radical (unpaired) electrons. The quantitative estimate of drug-likeness (QED) is 0.526. The van der Waals surface area contributed by atoms with Crippen LogP contribution in [0.3, 0.4) is 0 Å². The molecule has 0 spiro atoms. The van der Waals surface area contributed by atoms with E-state index in [1.807, 2.05) is 9.83 Å². The summed E-state index contributed by atoms with van der Waals surface area (Å²) in [7, 11) is 8.97. The standard InChI is InChI=1S/C2H2S5/c1-2-4-6-7-5-3-1/h1-2H. The van der Waals surface area contributed by atoms with E-state index in [2.05, 4.69) is 10.8 Å². The third-order valence-electron chi connectivity index (χ3n) is 0.301. The van der Waals surface area contributed by atoms with Crippen molar-refractivity contribution < 1.29 is 0 Å². The van der Waals surface area contributed by atoms with Gasteiger partial charge in [-0.05, 0) is 40.3 Å². The van der Waals surface area contributed by atoms with Gasteiger partial charge in [0.2, 0.25) is 0 Å². The van der Waals surface area contributed by atoms with Crippen LogP contribution >= 0.6 is 51.1 Å². The lowest BCUT2D eigenvalue weighted by Crippen LogP contribution is -1.27. The molecule has 0 bridgehead atoms. The first-order valence-corrected chi connectivity index (χ1v) is 7.75. The Morgan fingerprint density at radius 1 is 0.714 bits per heavy atom. The van der Waals surface area contributed by atoms with Gasteiger partial charge in [0.1, 0.15) is 0 Å². The second kappa shape index (κ2) is 4.38. The van der Waals surface area contributed by atoms with E-state index in [9.17, 15) is 0 Å². The fourth-order valence-electron chi connectivity index (χ4n) is 0.134. The molecule has 0 saturated heterocycles. The summed E-state index contributed by atoms with van der Waals surface area (Å²) in [5, 5.41) is 4.20. The van der Waals surface area contributed by atoms with Crippen LogP contribution in [0, 0.1) is 0 Å². The fraction of sp³-hybridized carbons (Fsp3) is 0. The van der Waals surface area contributed by atoms with Crippen molar-refractivity contribution in [2.45, 2.75) is 0 Å². The first-order valence-electron chi connectivity index (χ1n) is 1.47. The minimum absolute atomic E-state index is 1.77. The molecule has 0 aromatic heterocycles. The van der Waals surface area contributed by atoms with Gasteiger partial charge in [0.25, 0.3) is 0 Å². The Hall–Kier alpha value is 1.49. The van der Waals surface area contributed by atoms with Crippen LogP contribution in [0.4, 0.5) is 0 Å². The van der Waals surface area contributed by atoms with Crippen LogP contribution in [0.15, 0.2) is 10.8 Å². The van der Waals surface area contributed by atoms with E-state index in [0.29, 0.717) is 0 Å². The lowest BCUT2D eigenvalue weighted by atomic mass is 11.3. The first-order chi connectivity index (χ1) is 3.50. The van der Waals surface area contributed by atoms with Gasteiger partial charge in [0.15, 0.2) is 0 Å². The molecular weight excluding hydrogens is 184 g/mol. The average molecular weight is 186 g/mol. The van der Waals surface area contributed by atoms with Gasteiger partial charge in [-0.1, -0.05) is 21.6 Å². The maximum Gasteiger partial charge on any atom is -0.00107 e. The summed E-state index contributed by atoms with van der Waals surface area (Å²) in [5.41, 5.74) is 0. The van der Waals surface area contributed by atoms with Gasteiger partial charge >= 0.3 is 0 Å². The number of hydrogen-bond donors (Lipinski definition) is 0. The van der Waals surface area contributed by atoms with E-state index in [1.54, 1.807) is 41.2 Å².